The maximum atomic E-state index is 11.4. The summed E-state index contributed by atoms with van der Waals surface area (Å²) in [6.45, 7) is 17.8. The number of unbranched alkanes of at least 4 members (excludes halogenated alkanes) is 30. The maximum absolute atomic E-state index is 11.4. The molecule has 11 nitrogen and oxygen atoms in total. The Balaban J connectivity index is -0.000000140. The van der Waals surface area contributed by atoms with Gasteiger partial charge in [-0.2, -0.15) is 17.6 Å². The maximum Gasteiger partial charge on any atom is 1.00 e. The van der Waals surface area contributed by atoms with Gasteiger partial charge >= 0.3 is 126 Å². The van der Waals surface area contributed by atoms with E-state index in [9.17, 15) is 65.9 Å². The Hall–Kier alpha value is 2.62. The predicted octanol–water partition coefficient (Wildman–Crippen LogP) is 6.35. The van der Waals surface area contributed by atoms with Gasteiger partial charge in [0, 0.05) is 26.2 Å². The Morgan fingerprint density at radius 2 is 0.610 bits per heavy atom. The summed E-state index contributed by atoms with van der Waals surface area (Å²) in [4.78, 5) is 19.5. The van der Waals surface area contributed by atoms with Crippen LogP contribution in [0.5, 0.6) is 0 Å². The summed E-state index contributed by atoms with van der Waals surface area (Å²) in [5.74, 6) is 0.167. The quantitative estimate of drug-likeness (QED) is 0.0296. The third-order valence-electron chi connectivity index (χ3n) is 12.3. The van der Waals surface area contributed by atoms with Crippen LogP contribution in [0.1, 0.15) is 241 Å². The van der Waals surface area contributed by atoms with E-state index in [1.165, 1.54) is 272 Å². The number of carbonyl (C=O) groups excluding carboxylic acids is 1. The van der Waals surface area contributed by atoms with Crippen molar-refractivity contribution < 1.29 is 181 Å². The van der Waals surface area contributed by atoms with E-state index < -0.39 is 43.6 Å². The fourth-order valence-electron chi connectivity index (χ4n) is 7.94. The standard InChI is InChI=1S/2C22H46N2.C3H6O.2C2H2F4O3S.CH4.2ClH.2K/c2*1-3-4-5-6-7-8-9-10-11-12-13-14-15-16-17-18-19-24-21-20-23(2)22-24;1-3(2)4;2*3-1(4)2(5,6)10(7,8)9;;;;;/h2*3-22H2,1-2H3;1-2H3;2*1H,(H,7,8,9);1H4;2*1H;;/q;;;;;;;;2*+1/p-3. The summed E-state index contributed by atoms with van der Waals surface area (Å²) in [6.07, 6.45) is 37.8. The molecule has 0 amide bonds. The van der Waals surface area contributed by atoms with E-state index in [0.29, 0.717) is 0 Å². The molecule has 0 saturated carbocycles. The second-order valence-corrected chi connectivity index (χ2v) is 22.7. The van der Waals surface area contributed by atoms with E-state index in [1.54, 1.807) is 0 Å². The number of hydrogen-bond acceptors (Lipinski definition) is 11. The summed E-state index contributed by atoms with van der Waals surface area (Å²) in [5, 5.41) is -11.0. The van der Waals surface area contributed by atoms with E-state index in [2.05, 4.69) is 47.5 Å². The molecule has 2 aliphatic rings. The van der Waals surface area contributed by atoms with Crippen molar-refractivity contribution in [1.29, 1.82) is 0 Å². The Bertz CT molecular complexity index is 1380. The van der Waals surface area contributed by atoms with Gasteiger partial charge in [0.15, 0.2) is 20.2 Å². The zero-order chi connectivity index (χ0) is 55.3. The molecular weight excluding hydrogens is 1160 g/mol. The van der Waals surface area contributed by atoms with E-state index in [1.807, 2.05) is 0 Å². The Kier molecular flexibility index (Phi) is 76.9. The summed E-state index contributed by atoms with van der Waals surface area (Å²) in [5.41, 5.74) is 0. The van der Waals surface area contributed by atoms with Crippen LogP contribution in [0.15, 0.2) is 0 Å². The van der Waals surface area contributed by atoms with Crippen molar-refractivity contribution in [3.8, 4) is 0 Å². The van der Waals surface area contributed by atoms with Crippen LogP contribution < -0.4 is 115 Å². The van der Waals surface area contributed by atoms with Gasteiger partial charge < -0.3 is 26.3 Å². The molecule has 0 unspecified atom stereocenters. The molecule has 0 aliphatic carbocycles. The monoisotopic (exact) mass is 1260 g/mol. The Labute approximate surface area is 562 Å². The van der Waals surface area contributed by atoms with E-state index in [-0.39, 0.29) is 141 Å². The molecule has 25 heteroatoms. The topological polar surface area (TPSA) is 144 Å². The van der Waals surface area contributed by atoms with Gasteiger partial charge in [0.25, 0.3) is 0 Å². The molecule has 0 N–H and O–H groups in total. The number of Topliss-reactive ketones (excluding diaryl/α,β-unsaturated/α-hetero) is 1. The number of carbonyl (C=O) groups is 1. The smallest absolute Gasteiger partial charge is 1.00 e. The van der Waals surface area contributed by atoms with Crippen molar-refractivity contribution in [2.75, 3.05) is 66.7 Å². The molecule has 0 spiro atoms. The minimum atomic E-state index is -6.23. The van der Waals surface area contributed by atoms with Gasteiger partial charge in [-0.05, 0) is 53.9 Å². The first-order valence-electron chi connectivity index (χ1n) is 27.3. The van der Waals surface area contributed by atoms with Gasteiger partial charge in [0.1, 0.15) is 5.78 Å². The number of nitrogens with zero attached hydrogens (tertiary/aromatic N) is 4. The molecule has 2 aliphatic heterocycles. The normalized spacial score (nSPS) is 14.2. The molecule has 0 atom stereocenters. The summed E-state index contributed by atoms with van der Waals surface area (Å²) >= 11 is 0. The van der Waals surface area contributed by atoms with Crippen LogP contribution in [0.4, 0.5) is 35.1 Å². The van der Waals surface area contributed by atoms with Gasteiger partial charge in [-0.1, -0.05) is 214 Å². The molecule has 2 heterocycles. The third-order valence-corrected chi connectivity index (χ3v) is 14.0. The van der Waals surface area contributed by atoms with Crippen molar-refractivity contribution in [3.63, 3.8) is 0 Å². The molecule has 0 aromatic heterocycles. The molecule has 2 rings (SSSR count). The van der Waals surface area contributed by atoms with Gasteiger partial charge in [-0.3, -0.25) is 19.6 Å². The molecule has 77 heavy (non-hydrogen) atoms. The summed E-state index contributed by atoms with van der Waals surface area (Å²) < 4.78 is 145. The van der Waals surface area contributed by atoms with E-state index >= 15 is 0 Å². The number of alkyl halides is 8. The van der Waals surface area contributed by atoms with Gasteiger partial charge in [0.2, 0.25) is 0 Å². The second-order valence-electron chi connectivity index (χ2n) is 19.8. The number of halogens is 10. The summed E-state index contributed by atoms with van der Waals surface area (Å²) in [7, 11) is -8.01. The largest absolute Gasteiger partial charge is 1.00 e. The van der Waals surface area contributed by atoms with Gasteiger partial charge in [-0.25, -0.2) is 34.4 Å². The minimum absolute atomic E-state index is 0. The average molecular weight is 1260 g/mol. The Morgan fingerprint density at radius 1 is 0.442 bits per heavy atom. The fraction of sp³-hybridized carbons (Fsp3) is 0.981. The van der Waals surface area contributed by atoms with Crippen LogP contribution >= 0.6 is 12.4 Å². The fourth-order valence-corrected chi connectivity index (χ4v) is 8.38. The van der Waals surface area contributed by atoms with Crippen LogP contribution in [0, 0.1) is 0 Å². The molecule has 0 radical (unpaired) electrons. The minimum Gasteiger partial charge on any atom is -1.00 e. The SMILES string of the molecule is C.CC(C)=O.CCCCCCCCCCCCCCCCCCN1CCN(C)C1.CCCCCCCCCCCCCCCCCCN1CCN(C)C1.Cl.O=S(=O)([O-])C(F)(F)C(F)F.O=S(=O)([O-])C(F)(F)C(F)F.[Cl-].[K+].[K+]. The molecule has 2 saturated heterocycles. The predicted molar refractivity (Wildman–Crippen MR) is 289 cm³/mol. The first-order valence-corrected chi connectivity index (χ1v) is 30.1. The van der Waals surface area contributed by atoms with Crippen LogP contribution in [0.3, 0.4) is 0 Å². The van der Waals surface area contributed by atoms with Crippen molar-refractivity contribution >= 4 is 38.4 Å². The van der Waals surface area contributed by atoms with E-state index in [0.717, 1.165) is 0 Å². The second kappa shape index (κ2) is 61.7. The zero-order valence-electron chi connectivity index (χ0n) is 48.2. The van der Waals surface area contributed by atoms with Crippen LogP contribution in [0.25, 0.3) is 0 Å². The van der Waals surface area contributed by atoms with Crippen LogP contribution in [0.2, 0.25) is 0 Å². The van der Waals surface area contributed by atoms with Crippen LogP contribution in [-0.2, 0) is 25.0 Å². The third kappa shape index (κ3) is 61.5. The molecule has 0 aromatic carbocycles. The molecular formula is C52H105Cl2F8K2N4O7S2-. The number of ketones is 1. The number of hydrogen-bond donors (Lipinski definition) is 0. The number of rotatable bonds is 38. The number of likely N-dealkylation sites (N-methyl/N-ethyl adjacent to an activating group) is 2. The average Bonchev–Trinajstić information content (AvgIpc) is 3.92. The molecule has 0 aromatic rings. The zero-order valence-corrected chi connectivity index (χ0v) is 57.7. The van der Waals surface area contributed by atoms with Gasteiger partial charge in [-0.15, -0.1) is 12.4 Å². The van der Waals surface area contributed by atoms with Gasteiger partial charge in [0.05, 0.1) is 13.3 Å². The van der Waals surface area contributed by atoms with Crippen LogP contribution in [-0.4, -0.2) is 141 Å². The molecule has 460 valence electrons. The summed E-state index contributed by atoms with van der Waals surface area (Å²) in [6, 6.07) is 0. The van der Waals surface area contributed by atoms with Crippen molar-refractivity contribution in [3.05, 3.63) is 0 Å². The first-order chi connectivity index (χ1) is 33.8. The van der Waals surface area contributed by atoms with Crippen molar-refractivity contribution in [2.45, 2.75) is 264 Å². The molecule has 0 bridgehead atoms. The first kappa shape index (κ1) is 95.9. The van der Waals surface area contributed by atoms with Crippen molar-refractivity contribution in [2.24, 2.45) is 0 Å². The van der Waals surface area contributed by atoms with E-state index in [4.69, 9.17) is 0 Å². The molecule has 2 fully saturated rings. The van der Waals surface area contributed by atoms with Crippen molar-refractivity contribution in [1.82, 2.24) is 19.6 Å². The Morgan fingerprint density at radius 3 is 0.727 bits per heavy atom.